The summed E-state index contributed by atoms with van der Waals surface area (Å²) in [6.07, 6.45) is 5.44. The van der Waals surface area contributed by atoms with E-state index in [0.29, 0.717) is 6.04 Å². The van der Waals surface area contributed by atoms with Crippen molar-refractivity contribution in [1.29, 1.82) is 0 Å². The summed E-state index contributed by atoms with van der Waals surface area (Å²) in [5, 5.41) is 14.5. The first kappa shape index (κ1) is 13.3. The van der Waals surface area contributed by atoms with Crippen molar-refractivity contribution >= 4 is 0 Å². The maximum absolute atomic E-state index is 10.2. The fourth-order valence-electron chi connectivity index (χ4n) is 2.87. The second-order valence-corrected chi connectivity index (χ2v) is 5.44. The molecule has 20 heavy (non-hydrogen) atoms. The van der Waals surface area contributed by atoms with Gasteiger partial charge in [-0.2, -0.15) is 5.10 Å². The summed E-state index contributed by atoms with van der Waals surface area (Å²) < 4.78 is 2.05. The van der Waals surface area contributed by atoms with Crippen molar-refractivity contribution in [3.63, 3.8) is 0 Å². The van der Waals surface area contributed by atoms with Gasteiger partial charge in [-0.25, -0.2) is 0 Å². The lowest BCUT2D eigenvalue weighted by atomic mass is 10.1. The van der Waals surface area contributed by atoms with Gasteiger partial charge in [0.05, 0.1) is 12.1 Å². The van der Waals surface area contributed by atoms with Crippen molar-refractivity contribution in [2.75, 3.05) is 19.6 Å². The average Bonchev–Trinajstić information content (AvgIpc) is 3.16. The molecule has 3 rings (SSSR count). The van der Waals surface area contributed by atoms with Crippen LogP contribution in [0.3, 0.4) is 0 Å². The van der Waals surface area contributed by atoms with E-state index in [1.807, 2.05) is 53.5 Å². The number of likely N-dealkylation sites (tertiary alicyclic amines) is 1. The predicted octanol–water partition coefficient (Wildman–Crippen LogP) is 2.25. The van der Waals surface area contributed by atoms with Crippen LogP contribution in [0.5, 0.6) is 0 Å². The lowest BCUT2D eigenvalue weighted by Gasteiger charge is -2.18. The number of nitrogens with zero attached hydrogens (tertiary/aromatic N) is 3. The number of aliphatic hydroxyl groups excluding tert-OH is 1. The van der Waals surface area contributed by atoms with E-state index in [9.17, 15) is 5.11 Å². The number of benzene rings is 1. The molecule has 1 aliphatic heterocycles. The van der Waals surface area contributed by atoms with Gasteiger partial charge in [-0.15, -0.1) is 0 Å². The van der Waals surface area contributed by atoms with Gasteiger partial charge in [0.15, 0.2) is 0 Å². The Labute approximate surface area is 119 Å². The van der Waals surface area contributed by atoms with Gasteiger partial charge in [0.25, 0.3) is 0 Å². The summed E-state index contributed by atoms with van der Waals surface area (Å²) in [7, 11) is 0. The Bertz CT molecular complexity index is 512. The van der Waals surface area contributed by atoms with Gasteiger partial charge in [0.1, 0.15) is 0 Å². The molecule has 1 saturated heterocycles. The highest BCUT2D eigenvalue weighted by molar-refractivity contribution is 5.17. The molecule has 1 unspecified atom stereocenters. The Hall–Kier alpha value is -1.65. The second-order valence-electron chi connectivity index (χ2n) is 5.44. The quantitative estimate of drug-likeness (QED) is 0.907. The highest BCUT2D eigenvalue weighted by atomic mass is 16.3. The van der Waals surface area contributed by atoms with Gasteiger partial charge >= 0.3 is 0 Å². The van der Waals surface area contributed by atoms with Crippen LogP contribution in [-0.2, 0) is 0 Å². The summed E-state index contributed by atoms with van der Waals surface area (Å²) >= 11 is 0. The van der Waals surface area contributed by atoms with Crippen LogP contribution in [0.4, 0.5) is 0 Å². The SMILES string of the molecule is O[C@H](CCN1CCC(n2cccn2)C1)c1ccccc1. The summed E-state index contributed by atoms with van der Waals surface area (Å²) in [6.45, 7) is 3.06. The summed E-state index contributed by atoms with van der Waals surface area (Å²) in [5.41, 5.74) is 1.01. The Balaban J connectivity index is 1.48. The molecule has 0 aliphatic carbocycles. The zero-order chi connectivity index (χ0) is 13.8. The number of rotatable bonds is 5. The van der Waals surface area contributed by atoms with Crippen molar-refractivity contribution < 1.29 is 5.11 Å². The first-order valence-corrected chi connectivity index (χ1v) is 7.27. The van der Waals surface area contributed by atoms with Crippen LogP contribution < -0.4 is 0 Å². The molecule has 106 valence electrons. The molecule has 0 radical (unpaired) electrons. The van der Waals surface area contributed by atoms with Crippen molar-refractivity contribution in [3.8, 4) is 0 Å². The van der Waals surface area contributed by atoms with E-state index in [4.69, 9.17) is 0 Å². The maximum Gasteiger partial charge on any atom is 0.0802 e. The van der Waals surface area contributed by atoms with E-state index in [2.05, 4.69) is 10.00 Å². The highest BCUT2D eigenvalue weighted by Crippen LogP contribution is 2.23. The van der Waals surface area contributed by atoms with Crippen molar-refractivity contribution in [1.82, 2.24) is 14.7 Å². The third-order valence-corrected chi connectivity index (χ3v) is 4.05. The van der Waals surface area contributed by atoms with Crippen LogP contribution >= 0.6 is 0 Å². The second kappa shape index (κ2) is 6.20. The molecule has 1 fully saturated rings. The van der Waals surface area contributed by atoms with E-state index in [0.717, 1.165) is 38.0 Å². The largest absolute Gasteiger partial charge is 0.388 e. The highest BCUT2D eigenvalue weighted by Gasteiger charge is 2.24. The standard InChI is InChI=1S/C16H21N3O/c20-16(14-5-2-1-3-6-14)8-12-18-11-7-15(13-18)19-10-4-9-17-19/h1-6,9-10,15-16,20H,7-8,11-13H2/t15?,16-/m1/s1. The van der Waals surface area contributed by atoms with Gasteiger partial charge in [0, 0.05) is 32.0 Å². The zero-order valence-electron chi connectivity index (χ0n) is 11.6. The Morgan fingerprint density at radius 2 is 2.10 bits per heavy atom. The molecule has 0 amide bonds. The fourth-order valence-corrected chi connectivity index (χ4v) is 2.87. The maximum atomic E-state index is 10.2. The molecule has 4 nitrogen and oxygen atoms in total. The molecule has 2 aromatic rings. The number of aliphatic hydroxyl groups is 1. The Morgan fingerprint density at radius 1 is 1.25 bits per heavy atom. The minimum Gasteiger partial charge on any atom is -0.388 e. The third kappa shape index (κ3) is 3.08. The van der Waals surface area contributed by atoms with E-state index in [1.54, 1.807) is 0 Å². The van der Waals surface area contributed by atoms with Crippen LogP contribution in [0.25, 0.3) is 0 Å². The molecule has 1 aromatic carbocycles. The van der Waals surface area contributed by atoms with E-state index < -0.39 is 0 Å². The number of aromatic nitrogens is 2. The number of hydrogen-bond donors (Lipinski definition) is 1. The van der Waals surface area contributed by atoms with Crippen molar-refractivity contribution in [2.24, 2.45) is 0 Å². The van der Waals surface area contributed by atoms with Crippen LogP contribution in [0.1, 0.15) is 30.6 Å². The predicted molar refractivity (Wildman–Crippen MR) is 78.3 cm³/mol. The van der Waals surface area contributed by atoms with Gasteiger partial charge in [0.2, 0.25) is 0 Å². The third-order valence-electron chi connectivity index (χ3n) is 4.05. The molecule has 0 bridgehead atoms. The molecule has 1 N–H and O–H groups in total. The molecule has 2 atom stereocenters. The molecule has 0 spiro atoms. The average molecular weight is 271 g/mol. The van der Waals surface area contributed by atoms with Crippen LogP contribution in [0.2, 0.25) is 0 Å². The summed E-state index contributed by atoms with van der Waals surface area (Å²) in [4.78, 5) is 2.42. The first-order valence-electron chi connectivity index (χ1n) is 7.27. The monoisotopic (exact) mass is 271 g/mol. The molecule has 2 heterocycles. The van der Waals surface area contributed by atoms with Gasteiger partial charge in [-0.1, -0.05) is 30.3 Å². The molecule has 1 aromatic heterocycles. The molecule has 1 aliphatic rings. The normalized spacial score (nSPS) is 21.1. The van der Waals surface area contributed by atoms with Gasteiger partial charge < -0.3 is 10.0 Å². The first-order chi connectivity index (χ1) is 9.83. The van der Waals surface area contributed by atoms with Crippen molar-refractivity contribution in [3.05, 3.63) is 54.4 Å². The topological polar surface area (TPSA) is 41.3 Å². The minimum absolute atomic E-state index is 0.361. The molecular weight excluding hydrogens is 250 g/mol. The zero-order valence-corrected chi connectivity index (χ0v) is 11.6. The smallest absolute Gasteiger partial charge is 0.0802 e. The Morgan fingerprint density at radius 3 is 2.85 bits per heavy atom. The molecular formula is C16H21N3O. The Kier molecular flexibility index (Phi) is 4.14. The van der Waals surface area contributed by atoms with E-state index in [-0.39, 0.29) is 6.10 Å². The summed E-state index contributed by atoms with van der Waals surface area (Å²) in [5.74, 6) is 0. The van der Waals surface area contributed by atoms with E-state index >= 15 is 0 Å². The van der Waals surface area contributed by atoms with Crippen LogP contribution in [-0.4, -0.2) is 39.4 Å². The minimum atomic E-state index is -0.361. The van der Waals surface area contributed by atoms with Gasteiger partial charge in [-0.3, -0.25) is 4.68 Å². The van der Waals surface area contributed by atoms with Crippen molar-refractivity contribution in [2.45, 2.75) is 25.0 Å². The summed E-state index contributed by atoms with van der Waals surface area (Å²) in [6, 6.07) is 12.4. The lowest BCUT2D eigenvalue weighted by molar-refractivity contribution is 0.148. The van der Waals surface area contributed by atoms with Crippen LogP contribution in [0, 0.1) is 0 Å². The van der Waals surface area contributed by atoms with Gasteiger partial charge in [-0.05, 0) is 24.5 Å². The van der Waals surface area contributed by atoms with E-state index in [1.165, 1.54) is 0 Å². The fraction of sp³-hybridized carbons (Fsp3) is 0.438. The molecule has 0 saturated carbocycles. The number of hydrogen-bond acceptors (Lipinski definition) is 3. The lowest BCUT2D eigenvalue weighted by Crippen LogP contribution is -2.24. The van der Waals surface area contributed by atoms with Crippen LogP contribution in [0.15, 0.2) is 48.8 Å². The molecule has 4 heteroatoms.